The Hall–Kier alpha value is -2.83. The third-order valence-corrected chi connectivity index (χ3v) is 4.12. The first kappa shape index (κ1) is 25.2. The van der Waals surface area contributed by atoms with Gasteiger partial charge in [-0.25, -0.2) is 0 Å². The zero-order chi connectivity index (χ0) is 21.6. The summed E-state index contributed by atoms with van der Waals surface area (Å²) in [5.41, 5.74) is 15.1. The Bertz CT molecular complexity index is 628. The van der Waals surface area contributed by atoms with Crippen LogP contribution in [-0.4, -0.2) is 24.0 Å². The Balaban J connectivity index is 0.000000604. The Morgan fingerprint density at radius 3 is 2.14 bits per heavy atom. The van der Waals surface area contributed by atoms with Gasteiger partial charge in [0.1, 0.15) is 24.7 Å². The van der Waals surface area contributed by atoms with E-state index in [2.05, 4.69) is 10.5 Å². The molecule has 0 atom stereocenters. The summed E-state index contributed by atoms with van der Waals surface area (Å²) < 4.78 is 0. The van der Waals surface area contributed by atoms with E-state index in [1.165, 1.54) is 25.3 Å². The topological polar surface area (TPSA) is 131 Å². The molecule has 0 aliphatic heterocycles. The van der Waals surface area contributed by atoms with Crippen LogP contribution in [0.1, 0.15) is 52.9 Å². The lowest BCUT2D eigenvalue weighted by atomic mass is 9.91. The molecule has 7 heteroatoms. The number of hydrazone groups is 1. The minimum absolute atomic E-state index is 0.183. The van der Waals surface area contributed by atoms with Crippen molar-refractivity contribution in [3.05, 3.63) is 36.1 Å². The van der Waals surface area contributed by atoms with Crippen molar-refractivity contribution < 1.29 is 14.7 Å². The van der Waals surface area contributed by atoms with E-state index in [0.29, 0.717) is 11.6 Å². The number of carbonyl (C=O) groups is 2. The van der Waals surface area contributed by atoms with Crippen LogP contribution in [-0.2, 0) is 9.59 Å². The number of allylic oxidation sites excluding steroid dienone is 1. The molecule has 1 aromatic rings. The van der Waals surface area contributed by atoms with E-state index in [0.717, 1.165) is 24.8 Å². The fourth-order valence-corrected chi connectivity index (χ4v) is 2.35. The number of carbonyl (C=O) groups excluding carboxylic acids is 2. The zero-order valence-electron chi connectivity index (χ0n) is 17.1. The maximum atomic E-state index is 10.2. The number of aldehydes is 1. The number of anilines is 2. The van der Waals surface area contributed by atoms with Gasteiger partial charge in [0.05, 0.1) is 5.69 Å². The lowest BCUT2D eigenvalue weighted by Crippen LogP contribution is -2.16. The largest absolute Gasteiger partial charge is 0.512 e. The van der Waals surface area contributed by atoms with Crippen LogP contribution in [0.25, 0.3) is 0 Å². The fourth-order valence-electron chi connectivity index (χ4n) is 2.35. The Labute approximate surface area is 167 Å². The van der Waals surface area contributed by atoms with E-state index < -0.39 is 0 Å². The van der Waals surface area contributed by atoms with Gasteiger partial charge in [0.2, 0.25) is 0 Å². The third kappa shape index (κ3) is 11.0. The summed E-state index contributed by atoms with van der Waals surface area (Å²) in [5.74, 6) is 0.797. The van der Waals surface area contributed by atoms with Gasteiger partial charge in [0.15, 0.2) is 0 Å². The molecule has 0 spiro atoms. The molecule has 0 bridgehead atoms. The molecule has 2 rings (SSSR count). The molecule has 1 aromatic carbocycles. The van der Waals surface area contributed by atoms with Crippen molar-refractivity contribution in [3.8, 4) is 0 Å². The molecule has 1 aliphatic rings. The minimum Gasteiger partial charge on any atom is -0.512 e. The quantitative estimate of drug-likeness (QED) is 0.153. The highest BCUT2D eigenvalue weighted by Gasteiger charge is 2.15. The van der Waals surface area contributed by atoms with Crippen molar-refractivity contribution >= 4 is 30.3 Å². The summed E-state index contributed by atoms with van der Waals surface area (Å²) in [6, 6.07) is 7.10. The molecule has 1 fully saturated rings. The van der Waals surface area contributed by atoms with Crippen LogP contribution in [0.15, 0.2) is 41.2 Å². The molecule has 28 heavy (non-hydrogen) atoms. The Morgan fingerprint density at radius 1 is 1.18 bits per heavy atom. The summed E-state index contributed by atoms with van der Waals surface area (Å²) in [6.07, 6.45) is 8.70. The number of nitrogen functional groups attached to an aromatic ring is 1. The molecule has 1 aliphatic carbocycles. The molecule has 1 saturated carbocycles. The number of nitrogens with zero attached hydrogens (tertiary/aromatic N) is 1. The molecular weight excluding hydrogens is 356 g/mol. The summed E-state index contributed by atoms with van der Waals surface area (Å²) in [4.78, 5) is 18.2. The highest BCUT2D eigenvalue weighted by Crippen LogP contribution is 2.22. The number of aliphatic hydroxyl groups excluding tert-OH is 1. The second kappa shape index (κ2) is 13.4. The summed E-state index contributed by atoms with van der Waals surface area (Å²) >= 11 is 0. The van der Waals surface area contributed by atoms with Gasteiger partial charge in [-0.3, -0.25) is 5.43 Å². The van der Waals surface area contributed by atoms with Crippen molar-refractivity contribution in [2.75, 3.05) is 11.2 Å². The lowest BCUT2D eigenvalue weighted by molar-refractivity contribution is -0.111. The second-order valence-electron chi connectivity index (χ2n) is 7.58. The lowest BCUT2D eigenvalue weighted by Gasteiger charge is -2.16. The monoisotopic (exact) mass is 390 g/mol. The van der Waals surface area contributed by atoms with Crippen LogP contribution in [0.4, 0.5) is 11.4 Å². The van der Waals surface area contributed by atoms with Crippen LogP contribution in [0, 0.1) is 11.3 Å². The second-order valence-corrected chi connectivity index (χ2v) is 7.58. The fraction of sp³-hybridized carbons (Fsp3) is 0.476. The van der Waals surface area contributed by atoms with Gasteiger partial charge in [-0.2, -0.15) is 5.10 Å². The number of nitrogens with one attached hydrogen (secondary N) is 1. The van der Waals surface area contributed by atoms with Crippen LogP contribution in [0.3, 0.4) is 0 Å². The van der Waals surface area contributed by atoms with Crippen LogP contribution < -0.4 is 16.9 Å². The van der Waals surface area contributed by atoms with E-state index in [9.17, 15) is 9.90 Å². The molecule has 6 N–H and O–H groups in total. The van der Waals surface area contributed by atoms with E-state index in [4.69, 9.17) is 16.3 Å². The van der Waals surface area contributed by atoms with Crippen molar-refractivity contribution in [1.29, 1.82) is 0 Å². The summed E-state index contributed by atoms with van der Waals surface area (Å²) in [6.45, 7) is 7.67. The summed E-state index contributed by atoms with van der Waals surface area (Å²) in [5, 5.41) is 13.7. The number of nitrogens with two attached hydrogens (primary N) is 2. The Kier molecular flexibility index (Phi) is 12.0. The zero-order valence-corrected chi connectivity index (χ0v) is 17.1. The summed E-state index contributed by atoms with van der Waals surface area (Å²) in [7, 11) is 0. The molecule has 0 heterocycles. The molecule has 0 saturated heterocycles. The number of rotatable bonds is 4. The normalized spacial score (nSPS) is 15.4. The first-order chi connectivity index (χ1) is 13.2. The van der Waals surface area contributed by atoms with Crippen molar-refractivity contribution in [2.45, 2.75) is 52.9 Å². The SMILES string of the molecule is C=O.CC(C)(C)/C(O)=C/C(N)=N\Nc1ccc(N)cc1.O=CC1CCCCC1. The van der Waals surface area contributed by atoms with Gasteiger partial charge in [0, 0.05) is 23.1 Å². The number of aliphatic hydroxyl groups is 1. The minimum atomic E-state index is -0.346. The van der Waals surface area contributed by atoms with Gasteiger partial charge >= 0.3 is 0 Å². The van der Waals surface area contributed by atoms with Crippen molar-refractivity contribution in [1.82, 2.24) is 0 Å². The molecule has 156 valence electrons. The molecular formula is C21H34N4O3. The van der Waals surface area contributed by atoms with Gasteiger partial charge in [-0.15, -0.1) is 0 Å². The van der Waals surface area contributed by atoms with E-state index in [1.54, 1.807) is 24.3 Å². The predicted octanol–water partition coefficient (Wildman–Crippen LogP) is 4.02. The third-order valence-electron chi connectivity index (χ3n) is 4.12. The smallest absolute Gasteiger partial charge is 0.147 e. The molecule has 7 nitrogen and oxygen atoms in total. The van der Waals surface area contributed by atoms with Gasteiger partial charge in [0.25, 0.3) is 0 Å². The van der Waals surface area contributed by atoms with Gasteiger partial charge in [-0.1, -0.05) is 40.0 Å². The van der Waals surface area contributed by atoms with Gasteiger partial charge < -0.3 is 26.2 Å². The highest BCUT2D eigenvalue weighted by atomic mass is 16.3. The number of amidine groups is 1. The standard InChI is InChI=1S/C13H20N4O.C7H12O.CH2O/c1-13(2,3)11(18)8-12(15)17-16-10-6-4-9(14)5-7-10;8-6-7-4-2-1-3-5-7;1-2/h4-8,16,18H,14H2,1-3H3,(H2,15,17);6-7H,1-5H2;1H2/b11-8-;;. The first-order valence-electron chi connectivity index (χ1n) is 9.32. The van der Waals surface area contributed by atoms with Crippen molar-refractivity contribution in [2.24, 2.45) is 22.2 Å². The molecule has 0 radical (unpaired) electrons. The number of hydrogen-bond acceptors (Lipinski definition) is 6. The Morgan fingerprint density at radius 2 is 1.71 bits per heavy atom. The first-order valence-corrected chi connectivity index (χ1v) is 9.32. The van der Waals surface area contributed by atoms with Gasteiger partial charge in [-0.05, 0) is 37.1 Å². The van der Waals surface area contributed by atoms with E-state index >= 15 is 0 Å². The average Bonchev–Trinajstić information content (AvgIpc) is 2.69. The highest BCUT2D eigenvalue weighted by molar-refractivity contribution is 5.92. The molecule has 0 amide bonds. The van der Waals surface area contributed by atoms with Crippen LogP contribution >= 0.6 is 0 Å². The van der Waals surface area contributed by atoms with E-state index in [1.807, 2.05) is 27.6 Å². The maximum absolute atomic E-state index is 10.2. The molecule has 0 unspecified atom stereocenters. The van der Waals surface area contributed by atoms with Crippen LogP contribution in [0.2, 0.25) is 0 Å². The predicted molar refractivity (Wildman–Crippen MR) is 116 cm³/mol. The number of benzene rings is 1. The van der Waals surface area contributed by atoms with Crippen LogP contribution in [0.5, 0.6) is 0 Å². The number of hydrogen-bond donors (Lipinski definition) is 4. The van der Waals surface area contributed by atoms with Crippen molar-refractivity contribution in [3.63, 3.8) is 0 Å². The average molecular weight is 391 g/mol. The van der Waals surface area contributed by atoms with E-state index in [-0.39, 0.29) is 17.0 Å². The molecule has 0 aromatic heterocycles. The maximum Gasteiger partial charge on any atom is 0.147 e.